The number of carbonyl (C=O) groups excluding carboxylic acids is 1. The van der Waals surface area contributed by atoms with Gasteiger partial charge in [0.2, 0.25) is 0 Å². The topological polar surface area (TPSA) is 76.2 Å². The van der Waals surface area contributed by atoms with Crippen molar-refractivity contribution in [3.05, 3.63) is 58.4 Å². The van der Waals surface area contributed by atoms with Gasteiger partial charge < -0.3 is 19.8 Å². The summed E-state index contributed by atoms with van der Waals surface area (Å²) in [6.45, 7) is 2.51. The molecule has 0 bridgehead atoms. The number of nitrogens with zero attached hydrogens (tertiary/aromatic N) is 1. The Labute approximate surface area is 187 Å². The van der Waals surface area contributed by atoms with E-state index in [1.165, 1.54) is 20.0 Å². The fourth-order valence-corrected chi connectivity index (χ4v) is 4.35. The molecule has 0 unspecified atom stereocenters. The number of halogens is 1. The zero-order valence-electron chi connectivity index (χ0n) is 17.7. The standard InChI is InChI=1S/C24H28ClN3O3/c1-30-24(29)20-9-10-21-23(19(20)4-2-3-16-11-13-26-14-12-16)28-22(27-21)15-31-18-7-5-17(25)6-8-18/h5-10,16,26H,2-4,11-15H2,1H3,(H,27,28). The molecule has 0 atom stereocenters. The molecule has 0 amide bonds. The molecule has 2 heterocycles. The van der Waals surface area contributed by atoms with Crippen LogP contribution in [-0.4, -0.2) is 36.1 Å². The number of aryl methyl sites for hydroxylation is 1. The van der Waals surface area contributed by atoms with E-state index >= 15 is 0 Å². The number of piperidine rings is 1. The second-order valence-electron chi connectivity index (χ2n) is 7.99. The van der Waals surface area contributed by atoms with Crippen molar-refractivity contribution in [2.24, 2.45) is 5.92 Å². The van der Waals surface area contributed by atoms with Gasteiger partial charge in [-0.05, 0) is 86.7 Å². The smallest absolute Gasteiger partial charge is 0.338 e. The van der Waals surface area contributed by atoms with Gasteiger partial charge in [0.05, 0.1) is 23.7 Å². The molecule has 2 N–H and O–H groups in total. The van der Waals surface area contributed by atoms with Gasteiger partial charge in [0.15, 0.2) is 0 Å². The number of H-pyrrole nitrogens is 1. The summed E-state index contributed by atoms with van der Waals surface area (Å²) in [4.78, 5) is 20.5. The van der Waals surface area contributed by atoms with Crippen LogP contribution in [0.5, 0.6) is 5.75 Å². The van der Waals surface area contributed by atoms with Gasteiger partial charge in [-0.25, -0.2) is 9.78 Å². The van der Waals surface area contributed by atoms with Gasteiger partial charge in [-0.3, -0.25) is 0 Å². The maximum Gasteiger partial charge on any atom is 0.338 e. The van der Waals surface area contributed by atoms with E-state index in [4.69, 9.17) is 26.1 Å². The molecule has 0 saturated carbocycles. The van der Waals surface area contributed by atoms with Crippen molar-refractivity contribution in [3.63, 3.8) is 0 Å². The van der Waals surface area contributed by atoms with Crippen molar-refractivity contribution in [1.29, 1.82) is 0 Å². The van der Waals surface area contributed by atoms with Crippen LogP contribution in [0.3, 0.4) is 0 Å². The number of rotatable bonds is 8. The van der Waals surface area contributed by atoms with Crippen LogP contribution in [0.15, 0.2) is 36.4 Å². The number of aromatic amines is 1. The van der Waals surface area contributed by atoms with E-state index in [9.17, 15) is 4.79 Å². The van der Waals surface area contributed by atoms with Crippen LogP contribution in [0, 0.1) is 5.92 Å². The predicted molar refractivity (Wildman–Crippen MR) is 122 cm³/mol. The Kier molecular flexibility index (Phi) is 7.10. The summed E-state index contributed by atoms with van der Waals surface area (Å²) in [5.74, 6) is 1.87. The normalized spacial score (nSPS) is 14.6. The molecular formula is C24H28ClN3O3. The average Bonchev–Trinajstić information content (AvgIpc) is 3.22. The number of benzene rings is 2. The lowest BCUT2D eigenvalue weighted by atomic mass is 9.90. The third-order valence-corrected chi connectivity index (χ3v) is 6.15. The summed E-state index contributed by atoms with van der Waals surface area (Å²) in [5, 5.41) is 4.08. The van der Waals surface area contributed by atoms with Gasteiger partial charge in [-0.1, -0.05) is 18.0 Å². The zero-order valence-corrected chi connectivity index (χ0v) is 18.5. The molecule has 7 heteroatoms. The molecule has 0 radical (unpaired) electrons. The van der Waals surface area contributed by atoms with E-state index in [0.29, 0.717) is 23.0 Å². The first-order valence-electron chi connectivity index (χ1n) is 10.8. The minimum absolute atomic E-state index is 0.304. The number of methoxy groups -OCH3 is 1. The summed E-state index contributed by atoms with van der Waals surface area (Å²) in [7, 11) is 1.42. The fraction of sp³-hybridized carbons (Fsp3) is 0.417. The second kappa shape index (κ2) is 10.2. The van der Waals surface area contributed by atoms with Gasteiger partial charge >= 0.3 is 5.97 Å². The van der Waals surface area contributed by atoms with Crippen molar-refractivity contribution in [3.8, 4) is 5.75 Å². The van der Waals surface area contributed by atoms with Crippen molar-refractivity contribution < 1.29 is 14.3 Å². The summed E-state index contributed by atoms with van der Waals surface area (Å²) < 4.78 is 10.8. The highest BCUT2D eigenvalue weighted by Gasteiger charge is 2.19. The predicted octanol–water partition coefficient (Wildman–Crippen LogP) is 4.90. The molecule has 4 rings (SSSR count). The molecule has 1 fully saturated rings. The monoisotopic (exact) mass is 441 g/mol. The van der Waals surface area contributed by atoms with Crippen LogP contribution in [0.25, 0.3) is 11.0 Å². The number of carbonyl (C=O) groups is 1. The molecule has 6 nitrogen and oxygen atoms in total. The minimum atomic E-state index is -0.319. The van der Waals surface area contributed by atoms with E-state index < -0.39 is 0 Å². The Balaban J connectivity index is 1.52. The number of hydrogen-bond acceptors (Lipinski definition) is 5. The summed E-state index contributed by atoms with van der Waals surface area (Å²) in [6, 6.07) is 10.9. The Hall–Kier alpha value is -2.57. The lowest BCUT2D eigenvalue weighted by molar-refractivity contribution is 0.0599. The van der Waals surface area contributed by atoms with Crippen LogP contribution >= 0.6 is 11.6 Å². The minimum Gasteiger partial charge on any atom is -0.486 e. The van der Waals surface area contributed by atoms with Gasteiger partial charge in [0, 0.05) is 5.02 Å². The number of imidazole rings is 1. The Morgan fingerprint density at radius 1 is 1.16 bits per heavy atom. The fourth-order valence-electron chi connectivity index (χ4n) is 4.23. The highest BCUT2D eigenvalue weighted by Crippen LogP contribution is 2.26. The summed E-state index contributed by atoms with van der Waals surface area (Å²) >= 11 is 5.93. The molecule has 3 aromatic rings. The molecule has 1 saturated heterocycles. The third-order valence-electron chi connectivity index (χ3n) is 5.90. The maximum absolute atomic E-state index is 12.4. The number of hydrogen-bond donors (Lipinski definition) is 2. The number of nitrogens with one attached hydrogen (secondary N) is 2. The largest absolute Gasteiger partial charge is 0.486 e. The van der Waals surface area contributed by atoms with Crippen molar-refractivity contribution in [1.82, 2.24) is 15.3 Å². The van der Waals surface area contributed by atoms with Crippen LogP contribution in [0.2, 0.25) is 5.02 Å². The molecule has 1 aromatic heterocycles. The SMILES string of the molecule is COC(=O)c1ccc2[nH]c(COc3ccc(Cl)cc3)nc2c1CCCC1CCNCC1. The first-order chi connectivity index (χ1) is 15.1. The Bertz CT molecular complexity index is 1030. The highest BCUT2D eigenvalue weighted by atomic mass is 35.5. The van der Waals surface area contributed by atoms with E-state index in [1.54, 1.807) is 12.1 Å². The summed E-state index contributed by atoms with van der Waals surface area (Å²) in [6.07, 6.45) is 5.44. The Morgan fingerprint density at radius 2 is 1.94 bits per heavy atom. The molecule has 1 aliphatic heterocycles. The highest BCUT2D eigenvalue weighted by molar-refractivity contribution is 6.30. The third kappa shape index (κ3) is 5.38. The van der Waals surface area contributed by atoms with Gasteiger partial charge in [-0.2, -0.15) is 0 Å². The van der Waals surface area contributed by atoms with E-state index in [0.717, 1.165) is 60.6 Å². The number of esters is 1. The van der Waals surface area contributed by atoms with Crippen LogP contribution in [0.1, 0.15) is 47.4 Å². The van der Waals surface area contributed by atoms with Crippen LogP contribution in [0.4, 0.5) is 0 Å². The average molecular weight is 442 g/mol. The first kappa shape index (κ1) is 21.7. The van der Waals surface area contributed by atoms with E-state index in [1.807, 2.05) is 24.3 Å². The quantitative estimate of drug-likeness (QED) is 0.486. The van der Waals surface area contributed by atoms with Gasteiger partial charge in [0.1, 0.15) is 18.2 Å². The first-order valence-corrected chi connectivity index (χ1v) is 11.2. The van der Waals surface area contributed by atoms with Crippen molar-refractivity contribution in [2.45, 2.75) is 38.7 Å². The van der Waals surface area contributed by atoms with Gasteiger partial charge in [-0.15, -0.1) is 0 Å². The zero-order chi connectivity index (χ0) is 21.6. The van der Waals surface area contributed by atoms with E-state index in [-0.39, 0.29) is 5.97 Å². The molecule has 1 aliphatic rings. The molecule has 2 aromatic carbocycles. The van der Waals surface area contributed by atoms with Crippen molar-refractivity contribution >= 4 is 28.6 Å². The van der Waals surface area contributed by atoms with Gasteiger partial charge in [0.25, 0.3) is 0 Å². The lowest BCUT2D eigenvalue weighted by Crippen LogP contribution is -2.27. The number of fused-ring (bicyclic) bond motifs is 1. The van der Waals surface area contributed by atoms with Crippen LogP contribution < -0.4 is 10.1 Å². The second-order valence-corrected chi connectivity index (χ2v) is 8.43. The molecule has 31 heavy (non-hydrogen) atoms. The lowest BCUT2D eigenvalue weighted by Gasteiger charge is -2.22. The van der Waals surface area contributed by atoms with E-state index in [2.05, 4.69) is 10.3 Å². The van der Waals surface area contributed by atoms with Crippen LogP contribution in [-0.2, 0) is 17.8 Å². The number of ether oxygens (including phenoxy) is 2. The maximum atomic E-state index is 12.4. The van der Waals surface area contributed by atoms with Crippen molar-refractivity contribution in [2.75, 3.05) is 20.2 Å². The Morgan fingerprint density at radius 3 is 2.68 bits per heavy atom. The molecular weight excluding hydrogens is 414 g/mol. The number of aromatic nitrogens is 2. The summed E-state index contributed by atoms with van der Waals surface area (Å²) in [5.41, 5.74) is 3.27. The molecule has 164 valence electrons. The molecule has 0 spiro atoms. The molecule has 0 aliphatic carbocycles.